The smallest absolute Gasteiger partial charge is 0.416 e. The summed E-state index contributed by atoms with van der Waals surface area (Å²) in [6.45, 7) is 0. The van der Waals surface area contributed by atoms with E-state index in [0.717, 1.165) is 12.1 Å². The lowest BCUT2D eigenvalue weighted by atomic mass is 9.87. The van der Waals surface area contributed by atoms with Crippen LogP contribution in [-0.2, 0) is 27.7 Å². The van der Waals surface area contributed by atoms with Crippen LogP contribution in [0, 0.1) is 5.82 Å². The number of methoxy groups -OCH3 is 1. The quantitative estimate of drug-likeness (QED) is 0.324. The number of aliphatic imine (C=N–C) groups is 1. The van der Waals surface area contributed by atoms with Gasteiger partial charge in [0.15, 0.2) is 5.65 Å². The van der Waals surface area contributed by atoms with Gasteiger partial charge < -0.3 is 4.74 Å². The molecule has 1 aliphatic rings. The number of fused-ring (bicyclic) bond motifs is 3. The van der Waals surface area contributed by atoms with Crippen LogP contribution in [0.5, 0.6) is 0 Å². The molecule has 0 unspecified atom stereocenters. The molecule has 1 aliphatic heterocycles. The van der Waals surface area contributed by atoms with Crippen molar-refractivity contribution in [3.63, 3.8) is 0 Å². The third-order valence-corrected chi connectivity index (χ3v) is 5.77. The predicted octanol–water partition coefficient (Wildman–Crippen LogP) is 4.60. The van der Waals surface area contributed by atoms with Gasteiger partial charge in [0, 0.05) is 30.0 Å². The van der Waals surface area contributed by atoms with E-state index in [1.54, 1.807) is 6.07 Å². The predicted molar refractivity (Wildman–Crippen MR) is 115 cm³/mol. The summed E-state index contributed by atoms with van der Waals surface area (Å²) in [5.74, 6) is -1.12. The van der Waals surface area contributed by atoms with Crippen LogP contribution in [0.1, 0.15) is 22.4 Å². The van der Waals surface area contributed by atoms with Crippen LogP contribution in [0.3, 0.4) is 0 Å². The molecule has 0 N–H and O–H groups in total. The van der Waals surface area contributed by atoms with Gasteiger partial charge in [-0.1, -0.05) is 24.3 Å². The van der Waals surface area contributed by atoms with Crippen LogP contribution in [0.4, 0.5) is 17.6 Å². The van der Waals surface area contributed by atoms with Crippen LogP contribution < -0.4 is 0 Å². The van der Waals surface area contributed by atoms with Crippen LogP contribution in [0.15, 0.2) is 65.9 Å². The first kappa shape index (κ1) is 21.7. The molecule has 3 heterocycles. The number of ether oxygens (including phenoxy) is 1. The summed E-state index contributed by atoms with van der Waals surface area (Å²) >= 11 is 0. The van der Waals surface area contributed by atoms with E-state index < -0.39 is 29.1 Å². The first-order valence-corrected chi connectivity index (χ1v) is 10.2. The van der Waals surface area contributed by atoms with Crippen LogP contribution in [0.25, 0.3) is 16.8 Å². The van der Waals surface area contributed by atoms with Crippen molar-refractivity contribution < 1.29 is 27.1 Å². The van der Waals surface area contributed by atoms with Crippen LogP contribution in [0.2, 0.25) is 0 Å². The lowest BCUT2D eigenvalue weighted by molar-refractivity contribution is -0.147. The van der Waals surface area contributed by atoms with Gasteiger partial charge in [-0.25, -0.2) is 18.7 Å². The van der Waals surface area contributed by atoms with E-state index in [1.807, 2.05) is 0 Å². The van der Waals surface area contributed by atoms with Crippen molar-refractivity contribution in [3.05, 3.63) is 89.1 Å². The minimum Gasteiger partial charge on any atom is -0.467 e. The van der Waals surface area contributed by atoms with Gasteiger partial charge in [-0.15, -0.1) is 0 Å². The van der Waals surface area contributed by atoms with Crippen molar-refractivity contribution in [1.29, 1.82) is 0 Å². The summed E-state index contributed by atoms with van der Waals surface area (Å²) in [7, 11) is 1.23. The summed E-state index contributed by atoms with van der Waals surface area (Å²) in [6.07, 6.45) is 0.0213. The highest BCUT2D eigenvalue weighted by atomic mass is 19.4. The van der Waals surface area contributed by atoms with Crippen LogP contribution >= 0.6 is 0 Å². The van der Waals surface area contributed by atoms with Crippen molar-refractivity contribution in [2.24, 2.45) is 4.99 Å². The molecule has 10 heteroatoms. The number of hydrogen-bond donors (Lipinski definition) is 0. The van der Waals surface area contributed by atoms with Gasteiger partial charge in [0.05, 0.1) is 24.6 Å². The molecule has 0 amide bonds. The Hall–Kier alpha value is -4.08. The van der Waals surface area contributed by atoms with Gasteiger partial charge in [0.1, 0.15) is 5.82 Å². The molecule has 34 heavy (non-hydrogen) atoms. The Morgan fingerprint density at radius 3 is 2.56 bits per heavy atom. The second-order valence-corrected chi connectivity index (χ2v) is 7.85. The number of carbonyl (C=O) groups excluding carboxylic acids is 1. The molecule has 5 rings (SSSR count). The van der Waals surface area contributed by atoms with Crippen LogP contribution in [-0.4, -0.2) is 33.9 Å². The Morgan fingerprint density at radius 1 is 1.12 bits per heavy atom. The zero-order chi connectivity index (χ0) is 24.1. The Kier molecular flexibility index (Phi) is 4.96. The molecule has 2 aromatic carbocycles. The van der Waals surface area contributed by atoms with Gasteiger partial charge in [-0.2, -0.15) is 18.3 Å². The molecular weight excluding hydrogens is 452 g/mol. The maximum Gasteiger partial charge on any atom is 0.416 e. The fourth-order valence-corrected chi connectivity index (χ4v) is 4.20. The van der Waals surface area contributed by atoms with E-state index in [2.05, 4.69) is 15.1 Å². The summed E-state index contributed by atoms with van der Waals surface area (Å²) in [4.78, 5) is 21.9. The molecule has 0 bridgehead atoms. The normalized spacial score (nSPS) is 17.2. The lowest BCUT2D eigenvalue weighted by Gasteiger charge is -2.25. The topological polar surface area (TPSA) is 68.8 Å². The van der Waals surface area contributed by atoms with E-state index in [1.165, 1.54) is 60.6 Å². The number of benzene rings is 2. The van der Waals surface area contributed by atoms with Crippen molar-refractivity contribution >= 4 is 17.8 Å². The molecule has 172 valence electrons. The van der Waals surface area contributed by atoms with Crippen molar-refractivity contribution in [1.82, 2.24) is 14.6 Å². The Bertz CT molecular complexity index is 1440. The van der Waals surface area contributed by atoms with Gasteiger partial charge >= 0.3 is 12.1 Å². The zero-order valence-corrected chi connectivity index (χ0v) is 17.7. The number of esters is 1. The highest BCUT2D eigenvalue weighted by Crippen LogP contribution is 2.39. The SMILES string of the molecule is COC(=O)[C@@]1(Cc2cccc(F)c2)N=Cc2cnc3c(-c4ccc(C(F)(F)F)cc4)cnn3c21. The molecule has 0 aliphatic carbocycles. The van der Waals surface area contributed by atoms with Gasteiger partial charge in [0.2, 0.25) is 5.54 Å². The molecule has 0 saturated heterocycles. The third-order valence-electron chi connectivity index (χ3n) is 5.77. The molecular formula is C24H16F4N4O2. The second-order valence-electron chi connectivity index (χ2n) is 7.85. The molecule has 6 nitrogen and oxygen atoms in total. The fourth-order valence-electron chi connectivity index (χ4n) is 4.20. The maximum atomic E-state index is 13.8. The molecule has 0 saturated carbocycles. The largest absolute Gasteiger partial charge is 0.467 e. The van der Waals surface area contributed by atoms with Gasteiger partial charge in [0.25, 0.3) is 0 Å². The molecule has 0 spiro atoms. The average molecular weight is 468 g/mol. The Labute approximate surface area is 190 Å². The average Bonchev–Trinajstić information content (AvgIpc) is 3.40. The lowest BCUT2D eigenvalue weighted by Crippen LogP contribution is -2.38. The van der Waals surface area contributed by atoms with Gasteiger partial charge in [-0.3, -0.25) is 4.99 Å². The summed E-state index contributed by atoms with van der Waals surface area (Å²) < 4.78 is 59.2. The second kappa shape index (κ2) is 7.75. The number of nitrogens with zero attached hydrogens (tertiary/aromatic N) is 4. The Balaban J connectivity index is 1.65. The molecule has 2 aromatic heterocycles. The molecule has 1 atom stereocenters. The zero-order valence-electron chi connectivity index (χ0n) is 17.7. The van der Waals surface area contributed by atoms with E-state index in [4.69, 9.17) is 4.74 Å². The highest BCUT2D eigenvalue weighted by Gasteiger charge is 2.48. The minimum absolute atomic E-state index is 0.00944. The standard InChI is InChI=1S/C24H16F4N4O2/c1-34-22(33)23(10-14-3-2-4-18(25)9-14)20-16(12-30-23)11-29-21-19(13-31-32(20)21)15-5-7-17(8-6-15)24(26,27)28/h2-9,11-13H,10H2,1H3/t23-/m0/s1. The Morgan fingerprint density at radius 2 is 1.88 bits per heavy atom. The van der Waals surface area contributed by atoms with E-state index in [0.29, 0.717) is 33.6 Å². The third kappa shape index (κ3) is 3.42. The van der Waals surface area contributed by atoms with Gasteiger partial charge in [-0.05, 0) is 35.4 Å². The number of carbonyl (C=O) groups is 1. The number of rotatable bonds is 4. The van der Waals surface area contributed by atoms with E-state index in [9.17, 15) is 22.4 Å². The highest BCUT2D eigenvalue weighted by molar-refractivity contribution is 5.96. The number of aromatic nitrogens is 3. The number of hydrogen-bond acceptors (Lipinski definition) is 5. The molecule has 4 aromatic rings. The summed E-state index contributed by atoms with van der Waals surface area (Å²) in [5, 5.41) is 4.38. The van der Waals surface area contributed by atoms with Crippen molar-refractivity contribution in [3.8, 4) is 11.1 Å². The number of alkyl halides is 3. The first-order valence-electron chi connectivity index (χ1n) is 10.2. The molecule has 0 fully saturated rings. The van der Waals surface area contributed by atoms with Crippen molar-refractivity contribution in [2.45, 2.75) is 18.1 Å². The van der Waals surface area contributed by atoms with Crippen molar-refractivity contribution in [2.75, 3.05) is 7.11 Å². The minimum atomic E-state index is -4.45. The fraction of sp³-hybridized carbons (Fsp3) is 0.167. The summed E-state index contributed by atoms with van der Waals surface area (Å²) in [5.41, 5.74) is 0.406. The number of halogens is 4. The van der Waals surface area contributed by atoms with E-state index in [-0.39, 0.29) is 6.42 Å². The first-order chi connectivity index (χ1) is 16.2. The maximum absolute atomic E-state index is 13.8. The molecule has 0 radical (unpaired) electrons. The summed E-state index contributed by atoms with van der Waals surface area (Å²) in [6, 6.07) is 10.5. The monoisotopic (exact) mass is 468 g/mol. The van der Waals surface area contributed by atoms with E-state index >= 15 is 0 Å².